The van der Waals surface area contributed by atoms with Crippen molar-refractivity contribution in [3.63, 3.8) is 0 Å². The van der Waals surface area contributed by atoms with Crippen molar-refractivity contribution in [2.24, 2.45) is 29.1 Å². The zero-order valence-corrected chi connectivity index (χ0v) is 14.0. The van der Waals surface area contributed by atoms with Crippen molar-refractivity contribution in [3.8, 4) is 0 Å². The van der Waals surface area contributed by atoms with E-state index in [2.05, 4.69) is 4.90 Å². The Bertz CT molecular complexity index is 409. The first-order valence-corrected chi connectivity index (χ1v) is 9.49. The van der Waals surface area contributed by atoms with E-state index in [4.69, 9.17) is 0 Å². The van der Waals surface area contributed by atoms with Crippen molar-refractivity contribution in [3.05, 3.63) is 0 Å². The number of rotatable bonds is 3. The molecule has 3 nitrogen and oxygen atoms in total. The molecule has 2 atom stereocenters. The second kappa shape index (κ2) is 5.51. The minimum atomic E-state index is -0.282. The van der Waals surface area contributed by atoms with Gasteiger partial charge < -0.3 is 10.0 Å². The lowest BCUT2D eigenvalue weighted by atomic mass is 9.49. The van der Waals surface area contributed by atoms with Crippen LogP contribution in [-0.4, -0.2) is 35.1 Å². The van der Waals surface area contributed by atoms with E-state index in [1.54, 1.807) is 0 Å². The fourth-order valence-corrected chi connectivity index (χ4v) is 6.57. The number of hydrogen-bond acceptors (Lipinski definition) is 2. The molecule has 5 fully saturated rings. The second-order valence-corrected chi connectivity index (χ2v) is 9.08. The Morgan fingerprint density at radius 3 is 2.32 bits per heavy atom. The van der Waals surface area contributed by atoms with Gasteiger partial charge in [-0.3, -0.25) is 4.79 Å². The van der Waals surface area contributed by atoms with Gasteiger partial charge in [0.25, 0.3) is 0 Å². The third-order valence-electron chi connectivity index (χ3n) is 7.18. The summed E-state index contributed by atoms with van der Waals surface area (Å²) in [5.41, 5.74) is 0.351. The Morgan fingerprint density at radius 1 is 1.18 bits per heavy atom. The van der Waals surface area contributed by atoms with Gasteiger partial charge in [-0.05, 0) is 81.5 Å². The summed E-state index contributed by atoms with van der Waals surface area (Å²) < 4.78 is 0. The Morgan fingerprint density at radius 2 is 1.77 bits per heavy atom. The van der Waals surface area contributed by atoms with Crippen molar-refractivity contribution in [2.75, 3.05) is 13.1 Å². The topological polar surface area (TPSA) is 40.5 Å². The van der Waals surface area contributed by atoms with Gasteiger partial charge in [-0.2, -0.15) is 0 Å². The fourth-order valence-electron chi connectivity index (χ4n) is 6.57. The summed E-state index contributed by atoms with van der Waals surface area (Å²) in [5.74, 6) is 3.43. The average molecular weight is 305 g/mol. The summed E-state index contributed by atoms with van der Waals surface area (Å²) >= 11 is 0. The van der Waals surface area contributed by atoms with Crippen molar-refractivity contribution < 1.29 is 9.90 Å². The summed E-state index contributed by atoms with van der Waals surface area (Å²) in [6.07, 6.45) is 10.9. The number of hydrogen-bond donors (Lipinski definition) is 1. The number of aliphatic hydroxyl groups excluding tert-OH is 1. The van der Waals surface area contributed by atoms with E-state index < -0.39 is 0 Å². The Kier molecular flexibility index (Phi) is 3.75. The molecular weight excluding hydrogens is 274 g/mol. The van der Waals surface area contributed by atoms with Gasteiger partial charge in [0.05, 0.1) is 6.10 Å². The van der Waals surface area contributed by atoms with E-state index in [1.807, 2.05) is 6.92 Å². The molecule has 1 aliphatic heterocycles. The molecule has 1 amide bonds. The summed E-state index contributed by atoms with van der Waals surface area (Å²) in [6.45, 7) is 3.56. The normalized spacial score (nSPS) is 45.1. The lowest BCUT2D eigenvalue weighted by Gasteiger charge is -2.57. The van der Waals surface area contributed by atoms with E-state index in [-0.39, 0.29) is 12.0 Å². The van der Waals surface area contributed by atoms with Crippen molar-refractivity contribution in [1.29, 1.82) is 0 Å². The first kappa shape index (κ1) is 15.0. The lowest BCUT2D eigenvalue weighted by molar-refractivity contribution is -0.142. The predicted molar refractivity (Wildman–Crippen MR) is 86.2 cm³/mol. The minimum absolute atomic E-state index is 0.282. The molecule has 0 radical (unpaired) electrons. The van der Waals surface area contributed by atoms with Crippen molar-refractivity contribution in [2.45, 2.75) is 70.8 Å². The molecule has 22 heavy (non-hydrogen) atoms. The van der Waals surface area contributed by atoms with E-state index in [0.29, 0.717) is 11.3 Å². The number of carbonyl (C=O) groups excluding carboxylic acids is 1. The number of likely N-dealkylation sites (tertiary alicyclic amines) is 1. The molecule has 0 spiro atoms. The third-order valence-corrected chi connectivity index (χ3v) is 7.18. The van der Waals surface area contributed by atoms with Crippen LogP contribution in [0.1, 0.15) is 64.7 Å². The molecule has 0 aromatic rings. The molecule has 0 aromatic carbocycles. The molecule has 124 valence electrons. The van der Waals surface area contributed by atoms with Gasteiger partial charge in [-0.1, -0.05) is 0 Å². The largest absolute Gasteiger partial charge is 0.393 e. The predicted octanol–water partition coefficient (Wildman–Crippen LogP) is 3.21. The molecule has 1 heterocycles. The molecule has 1 saturated heterocycles. The molecule has 0 aromatic heterocycles. The van der Waals surface area contributed by atoms with Crippen LogP contribution in [0.3, 0.4) is 0 Å². The first-order valence-electron chi connectivity index (χ1n) is 9.49. The van der Waals surface area contributed by atoms with Crippen LogP contribution in [-0.2, 0) is 4.79 Å². The van der Waals surface area contributed by atoms with E-state index in [0.717, 1.165) is 50.1 Å². The number of aliphatic hydroxyl groups is 1. The summed E-state index contributed by atoms with van der Waals surface area (Å²) in [5, 5.41) is 9.84. The van der Waals surface area contributed by atoms with E-state index >= 15 is 0 Å². The standard InChI is InChI=1S/C19H31NO2/c1-13(21)17-3-2-4-20(12-17)18(22)11-19-8-14-5-15(9-19)7-16(6-14)10-19/h13-17,21H,2-12H2,1H3. The maximum absolute atomic E-state index is 12.9. The second-order valence-electron chi connectivity index (χ2n) is 9.08. The average Bonchev–Trinajstić information content (AvgIpc) is 2.45. The smallest absolute Gasteiger partial charge is 0.223 e. The number of nitrogens with zero attached hydrogens (tertiary/aromatic N) is 1. The summed E-state index contributed by atoms with van der Waals surface area (Å²) in [4.78, 5) is 15.0. The molecule has 5 aliphatic rings. The van der Waals surface area contributed by atoms with Crippen LogP contribution < -0.4 is 0 Å². The highest BCUT2D eigenvalue weighted by Gasteiger charge is 2.51. The summed E-state index contributed by atoms with van der Waals surface area (Å²) in [6, 6.07) is 0. The number of piperidine rings is 1. The van der Waals surface area contributed by atoms with Crippen LogP contribution in [0.15, 0.2) is 0 Å². The van der Waals surface area contributed by atoms with Gasteiger partial charge in [-0.25, -0.2) is 0 Å². The van der Waals surface area contributed by atoms with Gasteiger partial charge in [0.15, 0.2) is 0 Å². The number of carbonyl (C=O) groups is 1. The van der Waals surface area contributed by atoms with Crippen LogP contribution in [0.5, 0.6) is 0 Å². The van der Waals surface area contributed by atoms with Crippen molar-refractivity contribution in [1.82, 2.24) is 4.90 Å². The molecule has 5 rings (SSSR count). The Hall–Kier alpha value is -0.570. The minimum Gasteiger partial charge on any atom is -0.393 e. The fraction of sp³-hybridized carbons (Fsp3) is 0.947. The van der Waals surface area contributed by atoms with Crippen LogP contribution >= 0.6 is 0 Å². The molecule has 4 aliphatic carbocycles. The van der Waals surface area contributed by atoms with Gasteiger partial charge in [0.1, 0.15) is 0 Å². The number of amides is 1. The molecular formula is C19H31NO2. The van der Waals surface area contributed by atoms with E-state index in [1.165, 1.54) is 38.5 Å². The van der Waals surface area contributed by atoms with Crippen LogP contribution in [0.25, 0.3) is 0 Å². The van der Waals surface area contributed by atoms with E-state index in [9.17, 15) is 9.90 Å². The lowest BCUT2D eigenvalue weighted by Crippen LogP contribution is -2.50. The van der Waals surface area contributed by atoms with Crippen LogP contribution in [0.2, 0.25) is 0 Å². The molecule has 4 bridgehead atoms. The van der Waals surface area contributed by atoms with Crippen LogP contribution in [0.4, 0.5) is 0 Å². The first-order chi connectivity index (χ1) is 10.5. The zero-order chi connectivity index (χ0) is 15.3. The zero-order valence-electron chi connectivity index (χ0n) is 14.0. The summed E-state index contributed by atoms with van der Waals surface area (Å²) in [7, 11) is 0. The highest BCUT2D eigenvalue weighted by molar-refractivity contribution is 5.77. The molecule has 1 N–H and O–H groups in total. The molecule has 3 heteroatoms. The van der Waals surface area contributed by atoms with Gasteiger partial charge >= 0.3 is 0 Å². The Labute approximate surface area is 134 Å². The highest BCUT2D eigenvalue weighted by Crippen LogP contribution is 2.61. The SMILES string of the molecule is CC(O)C1CCCN(C(=O)CC23CC4CC(CC(C4)C2)C3)C1. The van der Waals surface area contributed by atoms with Crippen LogP contribution in [0, 0.1) is 29.1 Å². The maximum Gasteiger partial charge on any atom is 0.223 e. The third kappa shape index (κ3) is 2.70. The monoisotopic (exact) mass is 305 g/mol. The Balaban J connectivity index is 1.41. The molecule has 4 saturated carbocycles. The van der Waals surface area contributed by atoms with Gasteiger partial charge in [-0.15, -0.1) is 0 Å². The van der Waals surface area contributed by atoms with Gasteiger partial charge in [0.2, 0.25) is 5.91 Å². The molecule has 2 unspecified atom stereocenters. The highest BCUT2D eigenvalue weighted by atomic mass is 16.3. The van der Waals surface area contributed by atoms with Gasteiger partial charge in [0, 0.05) is 25.4 Å². The maximum atomic E-state index is 12.9. The van der Waals surface area contributed by atoms with Crippen molar-refractivity contribution >= 4 is 5.91 Å². The quantitative estimate of drug-likeness (QED) is 0.870.